The number of nitrogens with zero attached hydrogens (tertiary/aromatic N) is 6. The van der Waals surface area contributed by atoms with Crippen LogP contribution < -0.4 is 10.6 Å². The molecule has 3 aromatic heterocycles. The van der Waals surface area contributed by atoms with E-state index in [1.165, 1.54) is 18.2 Å². The zero-order valence-corrected chi connectivity index (χ0v) is 18.7. The maximum absolute atomic E-state index is 14.5. The fourth-order valence-electron chi connectivity index (χ4n) is 4.78. The summed E-state index contributed by atoms with van der Waals surface area (Å²) in [6, 6.07) is 7.97. The largest absolute Gasteiger partial charge is 0.367 e. The van der Waals surface area contributed by atoms with Crippen molar-refractivity contribution in [1.82, 2.24) is 24.6 Å². The number of aromatic nitrogens is 5. The van der Waals surface area contributed by atoms with Crippen LogP contribution >= 0.6 is 0 Å². The first kappa shape index (κ1) is 21.7. The number of aromatic amines is 1. The van der Waals surface area contributed by atoms with E-state index in [0.717, 1.165) is 18.6 Å². The Kier molecular flexibility index (Phi) is 4.89. The minimum absolute atomic E-state index is 0.0977. The second-order valence-electron chi connectivity index (χ2n) is 8.58. The molecule has 0 spiro atoms. The van der Waals surface area contributed by atoms with E-state index >= 15 is 0 Å². The van der Waals surface area contributed by atoms with Gasteiger partial charge >= 0.3 is 0 Å². The molecule has 1 aliphatic rings. The molecule has 1 aliphatic heterocycles. The summed E-state index contributed by atoms with van der Waals surface area (Å²) < 4.78 is 30.0. The van der Waals surface area contributed by atoms with Crippen molar-refractivity contribution < 1.29 is 13.6 Å². The highest BCUT2D eigenvalue weighted by atomic mass is 19.1. The van der Waals surface area contributed by atoms with Crippen LogP contribution in [-0.2, 0) is 0 Å². The molecule has 2 aromatic carbocycles. The quantitative estimate of drug-likeness (QED) is 0.364. The Morgan fingerprint density at radius 3 is 2.86 bits per heavy atom. The molecule has 0 saturated carbocycles. The van der Waals surface area contributed by atoms with Crippen molar-refractivity contribution in [3.63, 3.8) is 0 Å². The molecule has 1 fully saturated rings. The van der Waals surface area contributed by atoms with Gasteiger partial charge in [-0.2, -0.15) is 5.10 Å². The molecule has 0 aliphatic carbocycles. The summed E-state index contributed by atoms with van der Waals surface area (Å²) in [5.74, 6) is -0.569. The molecular formula is C25H18F2N8O. The Bertz CT molecular complexity index is 1720. The van der Waals surface area contributed by atoms with Crippen molar-refractivity contribution in [2.24, 2.45) is 5.73 Å². The third-order valence-electron chi connectivity index (χ3n) is 6.46. The molecule has 5 aromatic rings. The zero-order valence-electron chi connectivity index (χ0n) is 18.7. The van der Waals surface area contributed by atoms with Crippen molar-refractivity contribution in [3.8, 4) is 11.4 Å². The topological polar surface area (TPSA) is 110 Å². The lowest BCUT2D eigenvalue weighted by molar-refractivity contribution is 0.100. The van der Waals surface area contributed by atoms with Gasteiger partial charge in [0, 0.05) is 23.9 Å². The number of benzene rings is 2. The molecule has 1 amide bonds. The van der Waals surface area contributed by atoms with E-state index in [1.807, 2.05) is 4.90 Å². The van der Waals surface area contributed by atoms with E-state index in [0.29, 0.717) is 52.4 Å². The Labute approximate surface area is 203 Å². The number of carbonyl (C=O) groups is 1. The normalized spacial score (nSPS) is 15.6. The van der Waals surface area contributed by atoms with Crippen LogP contribution in [-0.4, -0.2) is 37.0 Å². The molecule has 11 heteroatoms. The Hall–Kier alpha value is -4.85. The van der Waals surface area contributed by atoms with E-state index < -0.39 is 17.5 Å². The number of halogens is 2. The van der Waals surface area contributed by atoms with Crippen molar-refractivity contribution in [2.75, 3.05) is 11.4 Å². The molecule has 1 saturated heterocycles. The van der Waals surface area contributed by atoms with Crippen LogP contribution in [0.15, 0.2) is 48.8 Å². The summed E-state index contributed by atoms with van der Waals surface area (Å²) in [4.78, 5) is 29.6. The molecule has 4 heterocycles. The molecule has 36 heavy (non-hydrogen) atoms. The summed E-state index contributed by atoms with van der Waals surface area (Å²) >= 11 is 0. The molecule has 6 rings (SSSR count). The number of hydrogen-bond donors (Lipinski definition) is 2. The second kappa shape index (κ2) is 8.13. The fourth-order valence-corrected chi connectivity index (χ4v) is 4.78. The maximum Gasteiger partial charge on any atom is 0.238 e. The summed E-state index contributed by atoms with van der Waals surface area (Å²) in [6.45, 7) is 7.97. The van der Waals surface area contributed by atoms with E-state index in [1.54, 1.807) is 23.0 Å². The van der Waals surface area contributed by atoms with Gasteiger partial charge in [0.1, 0.15) is 23.3 Å². The zero-order chi connectivity index (χ0) is 25.0. The lowest BCUT2D eigenvalue weighted by Crippen LogP contribution is -2.24. The standard InChI is InChI=1S/C25H18F2N8O/c1-29-18-11-20-19(10-15(18)23(28)36)31-24(32-20)16-12-30-35-8-6-22(33-25(16)35)34-7-2-3-21(34)14-9-13(26)4-5-17(14)27/h4-6,8-12,21H,2-3,7H2,(H2,28,36)(H,31,32)/t21-/m1/s1. The minimum Gasteiger partial charge on any atom is -0.367 e. The Morgan fingerprint density at radius 1 is 1.19 bits per heavy atom. The average Bonchev–Trinajstić information content (AvgIpc) is 3.61. The van der Waals surface area contributed by atoms with Gasteiger partial charge in [0.05, 0.1) is 35.4 Å². The number of carbonyl (C=O) groups excluding carboxylic acids is 1. The highest BCUT2D eigenvalue weighted by Crippen LogP contribution is 2.37. The molecule has 0 bridgehead atoms. The van der Waals surface area contributed by atoms with Gasteiger partial charge in [0.2, 0.25) is 11.6 Å². The van der Waals surface area contributed by atoms with Crippen LogP contribution in [0.2, 0.25) is 0 Å². The van der Waals surface area contributed by atoms with Crippen molar-refractivity contribution in [1.29, 1.82) is 0 Å². The fraction of sp³-hybridized carbons (Fsp3) is 0.160. The molecule has 9 nitrogen and oxygen atoms in total. The third kappa shape index (κ3) is 3.42. The monoisotopic (exact) mass is 484 g/mol. The summed E-state index contributed by atoms with van der Waals surface area (Å²) in [5, 5.41) is 4.36. The lowest BCUT2D eigenvalue weighted by Gasteiger charge is -2.26. The number of nitrogens with two attached hydrogens (primary N) is 1. The lowest BCUT2D eigenvalue weighted by atomic mass is 10.0. The third-order valence-corrected chi connectivity index (χ3v) is 6.46. The number of fused-ring (bicyclic) bond motifs is 2. The first-order valence-corrected chi connectivity index (χ1v) is 11.2. The average molecular weight is 484 g/mol. The summed E-state index contributed by atoms with van der Waals surface area (Å²) in [6.07, 6.45) is 4.86. The number of nitrogens with one attached hydrogen (secondary N) is 1. The second-order valence-corrected chi connectivity index (χ2v) is 8.58. The van der Waals surface area contributed by atoms with Crippen LogP contribution in [0.4, 0.5) is 20.3 Å². The van der Waals surface area contributed by atoms with Crippen molar-refractivity contribution in [2.45, 2.75) is 18.9 Å². The van der Waals surface area contributed by atoms with Gasteiger partial charge in [-0.15, -0.1) is 0 Å². The van der Waals surface area contributed by atoms with E-state index in [4.69, 9.17) is 17.3 Å². The number of amides is 1. The summed E-state index contributed by atoms with van der Waals surface area (Å²) in [5.41, 5.74) is 8.11. The molecule has 0 radical (unpaired) electrons. The van der Waals surface area contributed by atoms with Gasteiger partial charge < -0.3 is 15.6 Å². The smallest absolute Gasteiger partial charge is 0.238 e. The predicted octanol–water partition coefficient (Wildman–Crippen LogP) is 4.54. The summed E-state index contributed by atoms with van der Waals surface area (Å²) in [7, 11) is 0. The van der Waals surface area contributed by atoms with Crippen LogP contribution in [0.5, 0.6) is 0 Å². The number of imidazole rings is 1. The van der Waals surface area contributed by atoms with Gasteiger partial charge in [-0.25, -0.2) is 28.1 Å². The van der Waals surface area contributed by atoms with Crippen LogP contribution in [0.3, 0.4) is 0 Å². The van der Waals surface area contributed by atoms with Crippen LogP contribution in [0, 0.1) is 18.2 Å². The predicted molar refractivity (Wildman–Crippen MR) is 129 cm³/mol. The number of anilines is 1. The minimum atomic E-state index is -0.704. The van der Waals surface area contributed by atoms with E-state index in [9.17, 15) is 13.6 Å². The van der Waals surface area contributed by atoms with Crippen LogP contribution in [0.25, 0.3) is 32.9 Å². The molecule has 178 valence electrons. The number of hydrogen-bond acceptors (Lipinski definition) is 5. The maximum atomic E-state index is 14.5. The highest BCUT2D eigenvalue weighted by Gasteiger charge is 2.30. The van der Waals surface area contributed by atoms with Crippen molar-refractivity contribution >= 4 is 34.1 Å². The van der Waals surface area contributed by atoms with E-state index in [2.05, 4.69) is 19.9 Å². The first-order chi connectivity index (χ1) is 17.4. The molecular weight excluding hydrogens is 466 g/mol. The highest BCUT2D eigenvalue weighted by molar-refractivity contribution is 6.03. The van der Waals surface area contributed by atoms with E-state index in [-0.39, 0.29) is 17.3 Å². The van der Waals surface area contributed by atoms with Gasteiger partial charge in [0.15, 0.2) is 5.65 Å². The van der Waals surface area contributed by atoms with Gasteiger partial charge in [-0.1, -0.05) is 0 Å². The Morgan fingerprint density at radius 2 is 2.06 bits per heavy atom. The SMILES string of the molecule is [C-]#[N+]c1cc2[nH]c(-c3cnn4ccc(N5CCC[C@@H]5c5cc(F)ccc5F)nc34)nc2cc1C(N)=O. The first-order valence-electron chi connectivity index (χ1n) is 11.2. The number of H-pyrrole nitrogens is 1. The Balaban J connectivity index is 1.43. The van der Waals surface area contributed by atoms with Gasteiger partial charge in [-0.05, 0) is 49.2 Å². The molecule has 1 atom stereocenters. The van der Waals surface area contributed by atoms with Crippen LogP contribution in [0.1, 0.15) is 34.8 Å². The number of primary amides is 1. The number of rotatable bonds is 4. The van der Waals surface area contributed by atoms with Gasteiger partial charge in [-0.3, -0.25) is 4.79 Å². The molecule has 0 unspecified atom stereocenters. The van der Waals surface area contributed by atoms with Gasteiger partial charge in [0.25, 0.3) is 0 Å². The molecule has 3 N–H and O–H groups in total. The van der Waals surface area contributed by atoms with Crippen molar-refractivity contribution in [3.05, 3.63) is 83.0 Å².